The highest BCUT2D eigenvalue weighted by Gasteiger charge is 2.26. The van der Waals surface area contributed by atoms with Crippen LogP contribution in [0.5, 0.6) is 0 Å². The molecule has 5 heteroatoms. The molecule has 0 saturated carbocycles. The first-order valence-corrected chi connectivity index (χ1v) is 7.60. The first kappa shape index (κ1) is 19.8. The molecular weight excluding hydrogens is 260 g/mol. The Morgan fingerprint density at radius 1 is 0.750 bits per heavy atom. The van der Waals surface area contributed by atoms with E-state index in [0.717, 1.165) is 0 Å². The Kier molecular flexibility index (Phi) is 12.4. The van der Waals surface area contributed by atoms with E-state index in [1.165, 1.54) is 0 Å². The second-order valence-electron chi connectivity index (χ2n) is 4.77. The van der Waals surface area contributed by atoms with E-state index in [1.54, 1.807) is 0 Å². The molecular formula is C15H32O5. The van der Waals surface area contributed by atoms with Gasteiger partial charge in [0.25, 0.3) is 0 Å². The van der Waals surface area contributed by atoms with Gasteiger partial charge in [0.15, 0.2) is 0 Å². The molecule has 0 amide bonds. The fourth-order valence-electron chi connectivity index (χ4n) is 1.83. The second kappa shape index (κ2) is 12.5. The van der Waals surface area contributed by atoms with Crippen LogP contribution in [0.4, 0.5) is 0 Å². The van der Waals surface area contributed by atoms with Gasteiger partial charge in [-0.2, -0.15) is 0 Å². The molecule has 20 heavy (non-hydrogen) atoms. The van der Waals surface area contributed by atoms with Gasteiger partial charge in [-0.1, -0.05) is 0 Å². The van der Waals surface area contributed by atoms with Crippen molar-refractivity contribution in [2.45, 2.75) is 46.3 Å². The molecule has 2 unspecified atom stereocenters. The average molecular weight is 292 g/mol. The zero-order valence-corrected chi connectivity index (χ0v) is 13.8. The summed E-state index contributed by atoms with van der Waals surface area (Å²) >= 11 is 0. The van der Waals surface area contributed by atoms with E-state index in [4.69, 9.17) is 23.7 Å². The Balaban J connectivity index is 4.10. The zero-order valence-electron chi connectivity index (χ0n) is 13.8. The molecule has 0 bridgehead atoms. The van der Waals surface area contributed by atoms with Crippen LogP contribution in [0.2, 0.25) is 0 Å². The van der Waals surface area contributed by atoms with Crippen LogP contribution in [0.3, 0.4) is 0 Å². The summed E-state index contributed by atoms with van der Waals surface area (Å²) in [7, 11) is 0. The molecule has 0 radical (unpaired) electrons. The van der Waals surface area contributed by atoms with Gasteiger partial charge in [-0.3, -0.25) is 0 Å². The fourth-order valence-corrected chi connectivity index (χ4v) is 1.83. The van der Waals surface area contributed by atoms with Gasteiger partial charge >= 0.3 is 0 Å². The Bertz CT molecular complexity index is 212. The van der Waals surface area contributed by atoms with Gasteiger partial charge in [-0.15, -0.1) is 0 Å². The van der Waals surface area contributed by atoms with Crippen molar-refractivity contribution >= 4 is 0 Å². The molecule has 0 rings (SSSR count). The van der Waals surface area contributed by atoms with Gasteiger partial charge in [0.1, 0.15) is 11.7 Å². The van der Waals surface area contributed by atoms with Crippen LogP contribution in [-0.2, 0) is 23.7 Å². The maximum atomic E-state index is 5.75. The quantitative estimate of drug-likeness (QED) is 0.491. The summed E-state index contributed by atoms with van der Waals surface area (Å²) < 4.78 is 27.9. The van der Waals surface area contributed by atoms with E-state index < -0.39 is 5.60 Å². The average Bonchev–Trinajstić information content (AvgIpc) is 2.43. The summed E-state index contributed by atoms with van der Waals surface area (Å²) in [6, 6.07) is 0. The first-order chi connectivity index (χ1) is 9.61. The van der Waals surface area contributed by atoms with Gasteiger partial charge < -0.3 is 23.7 Å². The molecule has 0 N–H and O–H groups in total. The summed E-state index contributed by atoms with van der Waals surface area (Å²) in [5.74, 6) is 0. The van der Waals surface area contributed by atoms with E-state index >= 15 is 0 Å². The summed E-state index contributed by atoms with van der Waals surface area (Å²) in [5, 5.41) is 0. The lowest BCUT2D eigenvalue weighted by atomic mass is 10.1. The molecule has 0 saturated heterocycles. The standard InChI is InChI=1S/C15H32O5/c1-6-16-10-14(19-8-3)11-18-13-15(5,20-9-4)12-17-7-2/h14H,6-13H2,1-5H3. The van der Waals surface area contributed by atoms with Gasteiger partial charge in [0.05, 0.1) is 26.4 Å². The van der Waals surface area contributed by atoms with Crippen molar-refractivity contribution in [1.82, 2.24) is 0 Å². The maximum absolute atomic E-state index is 5.75. The molecule has 0 aromatic rings. The monoisotopic (exact) mass is 292 g/mol. The molecule has 0 aromatic heterocycles. The van der Waals surface area contributed by atoms with Crippen molar-refractivity contribution in [1.29, 1.82) is 0 Å². The van der Waals surface area contributed by atoms with Crippen LogP contribution in [-0.4, -0.2) is 64.6 Å². The van der Waals surface area contributed by atoms with Crippen LogP contribution in [0.25, 0.3) is 0 Å². The van der Waals surface area contributed by atoms with E-state index in [1.807, 2.05) is 34.6 Å². The van der Waals surface area contributed by atoms with Crippen molar-refractivity contribution < 1.29 is 23.7 Å². The van der Waals surface area contributed by atoms with Gasteiger partial charge in [0, 0.05) is 26.4 Å². The lowest BCUT2D eigenvalue weighted by Gasteiger charge is -2.29. The lowest BCUT2D eigenvalue weighted by molar-refractivity contribution is -0.136. The highest BCUT2D eigenvalue weighted by molar-refractivity contribution is 4.74. The number of rotatable bonds is 14. The van der Waals surface area contributed by atoms with Crippen LogP contribution in [0, 0.1) is 0 Å². The Morgan fingerprint density at radius 3 is 1.90 bits per heavy atom. The first-order valence-electron chi connectivity index (χ1n) is 7.60. The Labute approximate surface area is 123 Å². The van der Waals surface area contributed by atoms with Gasteiger partial charge in [-0.05, 0) is 34.6 Å². The maximum Gasteiger partial charge on any atom is 0.112 e. The Hall–Kier alpha value is -0.200. The van der Waals surface area contributed by atoms with Crippen molar-refractivity contribution in [2.75, 3.05) is 52.9 Å². The van der Waals surface area contributed by atoms with Crippen molar-refractivity contribution in [3.05, 3.63) is 0 Å². The van der Waals surface area contributed by atoms with Crippen LogP contribution in [0.1, 0.15) is 34.6 Å². The van der Waals surface area contributed by atoms with E-state index in [0.29, 0.717) is 52.9 Å². The highest BCUT2D eigenvalue weighted by Crippen LogP contribution is 2.12. The number of ether oxygens (including phenoxy) is 5. The van der Waals surface area contributed by atoms with E-state index in [9.17, 15) is 0 Å². The molecule has 5 nitrogen and oxygen atoms in total. The molecule has 122 valence electrons. The minimum atomic E-state index is -0.410. The predicted octanol–water partition coefficient (Wildman–Crippen LogP) is 2.28. The Morgan fingerprint density at radius 2 is 1.35 bits per heavy atom. The molecule has 0 aromatic carbocycles. The number of hydrogen-bond donors (Lipinski definition) is 0. The van der Waals surface area contributed by atoms with Gasteiger partial charge in [-0.25, -0.2) is 0 Å². The molecule has 2 atom stereocenters. The summed E-state index contributed by atoms with van der Waals surface area (Å²) in [6.45, 7) is 14.6. The molecule has 0 heterocycles. The minimum absolute atomic E-state index is 0.0297. The molecule has 0 aliphatic heterocycles. The summed E-state index contributed by atoms with van der Waals surface area (Å²) in [6.07, 6.45) is -0.0297. The van der Waals surface area contributed by atoms with Crippen LogP contribution < -0.4 is 0 Å². The second-order valence-corrected chi connectivity index (χ2v) is 4.77. The van der Waals surface area contributed by atoms with Crippen molar-refractivity contribution in [2.24, 2.45) is 0 Å². The van der Waals surface area contributed by atoms with E-state index in [2.05, 4.69) is 0 Å². The van der Waals surface area contributed by atoms with E-state index in [-0.39, 0.29) is 6.10 Å². The zero-order chi connectivity index (χ0) is 15.3. The molecule has 0 fully saturated rings. The molecule has 0 spiro atoms. The fraction of sp³-hybridized carbons (Fsp3) is 1.00. The largest absolute Gasteiger partial charge is 0.379 e. The minimum Gasteiger partial charge on any atom is -0.379 e. The summed E-state index contributed by atoms with van der Waals surface area (Å²) in [4.78, 5) is 0. The molecule has 0 aliphatic rings. The normalized spacial score (nSPS) is 16.1. The summed E-state index contributed by atoms with van der Waals surface area (Å²) in [5.41, 5.74) is -0.410. The lowest BCUT2D eigenvalue weighted by Crippen LogP contribution is -2.41. The predicted molar refractivity (Wildman–Crippen MR) is 79.3 cm³/mol. The van der Waals surface area contributed by atoms with Gasteiger partial charge in [0.2, 0.25) is 0 Å². The number of hydrogen-bond acceptors (Lipinski definition) is 5. The SMILES string of the molecule is CCOCC(COCC(C)(COCC)OCC)OCC. The third-order valence-electron chi connectivity index (χ3n) is 2.73. The van der Waals surface area contributed by atoms with Crippen molar-refractivity contribution in [3.63, 3.8) is 0 Å². The highest BCUT2D eigenvalue weighted by atomic mass is 16.6. The van der Waals surface area contributed by atoms with Crippen LogP contribution >= 0.6 is 0 Å². The third-order valence-corrected chi connectivity index (χ3v) is 2.73. The van der Waals surface area contributed by atoms with Crippen molar-refractivity contribution in [3.8, 4) is 0 Å². The molecule has 0 aliphatic carbocycles. The van der Waals surface area contributed by atoms with Crippen LogP contribution in [0.15, 0.2) is 0 Å². The topological polar surface area (TPSA) is 46.2 Å². The smallest absolute Gasteiger partial charge is 0.112 e. The third kappa shape index (κ3) is 9.66.